The normalized spacial score (nSPS) is 10.3. The molecular formula is C17H15N5O3. The summed E-state index contributed by atoms with van der Waals surface area (Å²) in [7, 11) is 0. The minimum Gasteiger partial charge on any atom is -0.462 e. The molecule has 0 radical (unpaired) electrons. The Kier molecular flexibility index (Phi) is 4.79. The molecular weight excluding hydrogens is 322 g/mol. The van der Waals surface area contributed by atoms with Gasteiger partial charge in [-0.15, -0.1) is 5.10 Å². The van der Waals surface area contributed by atoms with Gasteiger partial charge in [-0.25, -0.2) is 9.48 Å². The van der Waals surface area contributed by atoms with Gasteiger partial charge in [0, 0.05) is 5.56 Å². The molecule has 0 spiro atoms. The van der Waals surface area contributed by atoms with E-state index in [4.69, 9.17) is 4.74 Å². The molecule has 0 bridgehead atoms. The lowest BCUT2D eigenvalue weighted by molar-refractivity contribution is 0.0527. The predicted molar refractivity (Wildman–Crippen MR) is 89.5 cm³/mol. The smallest absolute Gasteiger partial charge is 0.340 e. The van der Waals surface area contributed by atoms with Crippen LogP contribution in [0.15, 0.2) is 54.9 Å². The van der Waals surface area contributed by atoms with Crippen LogP contribution in [0.4, 0.5) is 5.69 Å². The van der Waals surface area contributed by atoms with Gasteiger partial charge in [0.25, 0.3) is 5.91 Å². The topological polar surface area (TPSA) is 99.0 Å². The molecule has 0 saturated heterocycles. The van der Waals surface area contributed by atoms with Crippen LogP contribution in [-0.4, -0.2) is 38.7 Å². The molecule has 0 unspecified atom stereocenters. The van der Waals surface area contributed by atoms with Gasteiger partial charge in [-0.05, 0) is 53.7 Å². The fourth-order valence-corrected chi connectivity index (χ4v) is 2.22. The molecule has 8 heteroatoms. The average molecular weight is 337 g/mol. The fraction of sp³-hybridized carbons (Fsp3) is 0.118. The molecule has 1 heterocycles. The first-order chi connectivity index (χ1) is 12.2. The summed E-state index contributed by atoms with van der Waals surface area (Å²) < 4.78 is 6.49. The molecule has 1 N–H and O–H groups in total. The number of ether oxygens (including phenoxy) is 1. The van der Waals surface area contributed by atoms with Gasteiger partial charge in [0.05, 0.1) is 23.5 Å². The SMILES string of the molecule is CCOC(=O)c1ccccc1NC(=O)c1ccc(-n2cnnn2)cc1. The van der Waals surface area contributed by atoms with E-state index < -0.39 is 5.97 Å². The van der Waals surface area contributed by atoms with Gasteiger partial charge in [0.1, 0.15) is 6.33 Å². The van der Waals surface area contributed by atoms with E-state index in [1.54, 1.807) is 55.5 Å². The largest absolute Gasteiger partial charge is 0.462 e. The van der Waals surface area contributed by atoms with E-state index in [2.05, 4.69) is 20.8 Å². The zero-order chi connectivity index (χ0) is 17.6. The molecule has 1 aromatic heterocycles. The van der Waals surface area contributed by atoms with Crippen LogP contribution in [0, 0.1) is 0 Å². The highest BCUT2D eigenvalue weighted by Gasteiger charge is 2.15. The number of esters is 1. The van der Waals surface area contributed by atoms with Crippen molar-refractivity contribution >= 4 is 17.6 Å². The standard InChI is InChI=1S/C17H15N5O3/c1-2-25-17(24)14-5-3-4-6-15(14)19-16(23)12-7-9-13(10-8-12)22-11-18-20-21-22/h3-11H,2H2,1H3,(H,19,23). The van der Waals surface area contributed by atoms with Gasteiger partial charge >= 0.3 is 5.97 Å². The van der Waals surface area contributed by atoms with Crippen LogP contribution >= 0.6 is 0 Å². The average Bonchev–Trinajstić information content (AvgIpc) is 3.17. The lowest BCUT2D eigenvalue weighted by atomic mass is 10.1. The van der Waals surface area contributed by atoms with Gasteiger partial charge < -0.3 is 10.1 Å². The minimum absolute atomic E-state index is 0.264. The van der Waals surface area contributed by atoms with Crippen molar-refractivity contribution in [3.05, 3.63) is 66.0 Å². The summed E-state index contributed by atoms with van der Waals surface area (Å²) in [6, 6.07) is 13.5. The summed E-state index contributed by atoms with van der Waals surface area (Å²) in [6.07, 6.45) is 1.46. The second-order valence-electron chi connectivity index (χ2n) is 5.02. The van der Waals surface area contributed by atoms with E-state index in [-0.39, 0.29) is 12.5 Å². The Bertz CT molecular complexity index is 876. The van der Waals surface area contributed by atoms with Crippen LogP contribution in [0.1, 0.15) is 27.6 Å². The highest BCUT2D eigenvalue weighted by molar-refractivity contribution is 6.08. The van der Waals surface area contributed by atoms with E-state index in [0.29, 0.717) is 16.8 Å². The van der Waals surface area contributed by atoms with Crippen LogP contribution in [0.5, 0.6) is 0 Å². The van der Waals surface area contributed by atoms with Gasteiger partial charge in [-0.3, -0.25) is 4.79 Å². The summed E-state index contributed by atoms with van der Waals surface area (Å²) in [5.74, 6) is -0.813. The summed E-state index contributed by atoms with van der Waals surface area (Å²) in [5, 5.41) is 13.6. The van der Waals surface area contributed by atoms with Crippen molar-refractivity contribution in [1.29, 1.82) is 0 Å². The lowest BCUT2D eigenvalue weighted by Crippen LogP contribution is -2.16. The van der Waals surface area contributed by atoms with Crippen LogP contribution < -0.4 is 5.32 Å². The van der Waals surface area contributed by atoms with Gasteiger partial charge in [-0.2, -0.15) is 0 Å². The second-order valence-corrected chi connectivity index (χ2v) is 5.02. The zero-order valence-electron chi connectivity index (χ0n) is 13.4. The number of anilines is 1. The summed E-state index contributed by atoms with van der Waals surface area (Å²) >= 11 is 0. The number of amides is 1. The van der Waals surface area contributed by atoms with E-state index >= 15 is 0 Å². The fourth-order valence-electron chi connectivity index (χ4n) is 2.22. The van der Waals surface area contributed by atoms with Crippen LogP contribution in [0.25, 0.3) is 5.69 Å². The van der Waals surface area contributed by atoms with Crippen molar-refractivity contribution in [2.75, 3.05) is 11.9 Å². The van der Waals surface area contributed by atoms with E-state index in [9.17, 15) is 9.59 Å². The summed E-state index contributed by atoms with van der Waals surface area (Å²) in [4.78, 5) is 24.4. The molecule has 0 saturated carbocycles. The Morgan fingerprint density at radius 1 is 1.12 bits per heavy atom. The molecule has 3 aromatic rings. The molecule has 0 fully saturated rings. The molecule has 3 rings (SSSR count). The molecule has 126 valence electrons. The number of nitrogens with one attached hydrogen (secondary N) is 1. The first-order valence-corrected chi connectivity index (χ1v) is 7.60. The Morgan fingerprint density at radius 3 is 2.56 bits per heavy atom. The number of hydrogen-bond acceptors (Lipinski definition) is 6. The molecule has 8 nitrogen and oxygen atoms in total. The Labute approximate surface area is 143 Å². The summed E-state index contributed by atoms with van der Waals surface area (Å²) in [5.41, 5.74) is 1.88. The minimum atomic E-state index is -0.479. The maximum atomic E-state index is 12.4. The number of carbonyl (C=O) groups is 2. The Morgan fingerprint density at radius 2 is 1.88 bits per heavy atom. The Hall–Kier alpha value is -3.55. The van der Waals surface area contributed by atoms with Gasteiger partial charge in [-0.1, -0.05) is 12.1 Å². The first kappa shape index (κ1) is 16.3. The van der Waals surface area contributed by atoms with E-state index in [1.165, 1.54) is 11.0 Å². The molecule has 2 aromatic carbocycles. The highest BCUT2D eigenvalue weighted by Crippen LogP contribution is 2.18. The van der Waals surface area contributed by atoms with Crippen molar-refractivity contribution in [1.82, 2.24) is 20.2 Å². The predicted octanol–water partition coefficient (Wildman–Crippen LogP) is 2.09. The van der Waals surface area contributed by atoms with Crippen LogP contribution in [-0.2, 0) is 4.74 Å². The second kappa shape index (κ2) is 7.35. The van der Waals surface area contributed by atoms with Crippen molar-refractivity contribution in [2.24, 2.45) is 0 Å². The van der Waals surface area contributed by atoms with Crippen LogP contribution in [0.2, 0.25) is 0 Å². The first-order valence-electron chi connectivity index (χ1n) is 7.60. The van der Waals surface area contributed by atoms with E-state index in [1.807, 2.05) is 0 Å². The quantitative estimate of drug-likeness (QED) is 0.716. The monoisotopic (exact) mass is 337 g/mol. The number of hydrogen-bond donors (Lipinski definition) is 1. The highest BCUT2D eigenvalue weighted by atomic mass is 16.5. The number of carbonyl (C=O) groups excluding carboxylic acids is 2. The molecule has 1 amide bonds. The zero-order valence-corrected chi connectivity index (χ0v) is 13.4. The molecule has 0 aliphatic heterocycles. The summed E-state index contributed by atoms with van der Waals surface area (Å²) in [6.45, 7) is 1.99. The van der Waals surface area contributed by atoms with Crippen molar-refractivity contribution < 1.29 is 14.3 Å². The van der Waals surface area contributed by atoms with Gasteiger partial charge in [0.15, 0.2) is 0 Å². The van der Waals surface area contributed by atoms with Crippen molar-refractivity contribution in [3.63, 3.8) is 0 Å². The number of tetrazole rings is 1. The third kappa shape index (κ3) is 3.69. The Balaban J connectivity index is 1.78. The third-order valence-electron chi connectivity index (χ3n) is 3.41. The number of para-hydroxylation sites is 1. The maximum absolute atomic E-state index is 12.4. The van der Waals surface area contributed by atoms with E-state index in [0.717, 1.165) is 5.69 Å². The number of benzene rings is 2. The molecule has 0 aliphatic carbocycles. The number of aromatic nitrogens is 4. The van der Waals surface area contributed by atoms with Crippen LogP contribution in [0.3, 0.4) is 0 Å². The molecule has 0 aliphatic rings. The lowest BCUT2D eigenvalue weighted by Gasteiger charge is -2.10. The van der Waals surface area contributed by atoms with Gasteiger partial charge in [0.2, 0.25) is 0 Å². The van der Waals surface area contributed by atoms with Crippen molar-refractivity contribution in [3.8, 4) is 5.69 Å². The van der Waals surface area contributed by atoms with Crippen molar-refractivity contribution in [2.45, 2.75) is 6.92 Å². The maximum Gasteiger partial charge on any atom is 0.340 e. The number of nitrogens with zero attached hydrogens (tertiary/aromatic N) is 4. The molecule has 0 atom stereocenters. The third-order valence-corrected chi connectivity index (χ3v) is 3.41. The number of rotatable bonds is 5. The molecule has 25 heavy (non-hydrogen) atoms.